The highest BCUT2D eigenvalue weighted by molar-refractivity contribution is 8.16. The maximum atomic E-state index is 4.49. The van der Waals surface area contributed by atoms with Gasteiger partial charge in [-0.3, -0.25) is 4.99 Å². The van der Waals surface area contributed by atoms with E-state index in [0.717, 1.165) is 17.5 Å². The molecule has 0 atom stereocenters. The Kier molecular flexibility index (Phi) is 1.46. The zero-order chi connectivity index (χ0) is 8.67. The molecule has 66 valence electrons. The summed E-state index contributed by atoms with van der Waals surface area (Å²) in [7, 11) is 0. The third kappa shape index (κ3) is 1.07. The third-order valence-corrected chi connectivity index (χ3v) is 2.89. The summed E-state index contributed by atoms with van der Waals surface area (Å²) in [6.07, 6.45) is 3.96. The Bertz CT molecular complexity index is 366. The maximum absolute atomic E-state index is 4.49. The molecule has 3 aliphatic heterocycles. The summed E-state index contributed by atoms with van der Waals surface area (Å²) < 4.78 is 0. The molecule has 0 bridgehead atoms. The number of thioether (sulfide) groups is 1. The predicted molar refractivity (Wildman–Crippen MR) is 54.4 cm³/mol. The predicted octanol–water partition coefficient (Wildman–Crippen LogP) is 0.719. The van der Waals surface area contributed by atoms with Crippen LogP contribution in [0.2, 0.25) is 0 Å². The maximum Gasteiger partial charge on any atom is 0.174 e. The second-order valence-corrected chi connectivity index (χ2v) is 3.82. The van der Waals surface area contributed by atoms with Crippen LogP contribution in [-0.2, 0) is 0 Å². The van der Waals surface area contributed by atoms with E-state index in [0.29, 0.717) is 6.67 Å². The number of aliphatic imine (C=N–C) groups is 2. The highest BCUT2D eigenvalue weighted by Gasteiger charge is 2.23. The quantitative estimate of drug-likeness (QED) is 0.614. The highest BCUT2D eigenvalue weighted by atomic mass is 32.2. The Labute approximate surface area is 80.1 Å². The van der Waals surface area contributed by atoms with E-state index in [1.165, 1.54) is 5.57 Å². The van der Waals surface area contributed by atoms with Gasteiger partial charge < -0.3 is 10.2 Å². The summed E-state index contributed by atoms with van der Waals surface area (Å²) >= 11 is 1.66. The first kappa shape index (κ1) is 7.20. The molecule has 0 spiro atoms. The molecule has 0 amide bonds. The molecule has 0 radical (unpaired) electrons. The van der Waals surface area contributed by atoms with Crippen LogP contribution in [0, 0.1) is 0 Å². The highest BCUT2D eigenvalue weighted by Crippen LogP contribution is 2.26. The molecule has 0 aromatic heterocycles. The van der Waals surface area contributed by atoms with Crippen LogP contribution < -0.4 is 5.32 Å². The monoisotopic (exact) mass is 192 g/mol. The number of rotatable bonds is 0. The van der Waals surface area contributed by atoms with Crippen molar-refractivity contribution >= 4 is 23.1 Å². The van der Waals surface area contributed by atoms with Crippen LogP contribution in [-0.4, -0.2) is 29.5 Å². The second-order valence-electron chi connectivity index (χ2n) is 2.95. The molecule has 3 heterocycles. The summed E-state index contributed by atoms with van der Waals surface area (Å²) in [5.74, 6) is 0.984. The van der Waals surface area contributed by atoms with Crippen LogP contribution >= 0.6 is 11.8 Å². The smallest absolute Gasteiger partial charge is 0.174 e. The fourth-order valence-corrected chi connectivity index (χ4v) is 2.20. The average molecular weight is 192 g/mol. The average Bonchev–Trinajstić information content (AvgIpc) is 2.61. The lowest BCUT2D eigenvalue weighted by atomic mass is 10.2. The molecule has 13 heavy (non-hydrogen) atoms. The van der Waals surface area contributed by atoms with Gasteiger partial charge in [-0.2, -0.15) is 0 Å². The SMILES string of the molecule is C1=CN2CC3=C(N=C2S1)NCN=C3. The summed E-state index contributed by atoms with van der Waals surface area (Å²) in [6.45, 7) is 1.53. The molecule has 1 N–H and O–H groups in total. The number of nitrogens with zero attached hydrogens (tertiary/aromatic N) is 3. The van der Waals surface area contributed by atoms with Crippen LogP contribution in [0.1, 0.15) is 0 Å². The second kappa shape index (κ2) is 2.63. The van der Waals surface area contributed by atoms with Crippen molar-refractivity contribution in [2.45, 2.75) is 0 Å². The van der Waals surface area contributed by atoms with Gasteiger partial charge in [0, 0.05) is 18.0 Å². The summed E-state index contributed by atoms with van der Waals surface area (Å²) in [6, 6.07) is 0. The number of hydrogen-bond acceptors (Lipinski definition) is 5. The van der Waals surface area contributed by atoms with Gasteiger partial charge in [-0.25, -0.2) is 4.99 Å². The largest absolute Gasteiger partial charge is 0.351 e. The molecule has 3 aliphatic rings. The first-order valence-corrected chi connectivity index (χ1v) is 4.97. The van der Waals surface area contributed by atoms with Crippen molar-refractivity contribution in [1.29, 1.82) is 0 Å². The Hall–Kier alpha value is -1.23. The molecule has 0 saturated heterocycles. The lowest BCUT2D eigenvalue weighted by Gasteiger charge is -2.25. The van der Waals surface area contributed by atoms with E-state index >= 15 is 0 Å². The minimum absolute atomic E-state index is 0.647. The summed E-state index contributed by atoms with van der Waals surface area (Å²) in [5, 5.41) is 6.27. The van der Waals surface area contributed by atoms with Crippen molar-refractivity contribution in [3.05, 3.63) is 23.0 Å². The topological polar surface area (TPSA) is 40.0 Å². The van der Waals surface area contributed by atoms with Crippen LogP contribution in [0.5, 0.6) is 0 Å². The summed E-state index contributed by atoms with van der Waals surface area (Å²) in [5.41, 5.74) is 1.17. The summed E-state index contributed by atoms with van der Waals surface area (Å²) in [4.78, 5) is 10.8. The van der Waals surface area contributed by atoms with Crippen LogP contribution in [0.15, 0.2) is 33.0 Å². The zero-order valence-electron chi connectivity index (χ0n) is 6.90. The van der Waals surface area contributed by atoms with Gasteiger partial charge in [0.2, 0.25) is 0 Å². The first-order valence-electron chi connectivity index (χ1n) is 4.09. The third-order valence-electron chi connectivity index (χ3n) is 2.10. The molecule has 5 heteroatoms. The molecular weight excluding hydrogens is 184 g/mol. The lowest BCUT2D eigenvalue weighted by molar-refractivity contribution is 0.600. The first-order chi connectivity index (χ1) is 6.43. The van der Waals surface area contributed by atoms with Crippen LogP contribution in [0.4, 0.5) is 0 Å². The molecular formula is C8H8N4S. The van der Waals surface area contributed by atoms with Crippen molar-refractivity contribution in [1.82, 2.24) is 10.2 Å². The van der Waals surface area contributed by atoms with Crippen molar-refractivity contribution in [3.63, 3.8) is 0 Å². The molecule has 0 unspecified atom stereocenters. The molecule has 0 aromatic rings. The van der Waals surface area contributed by atoms with Crippen LogP contribution in [0.25, 0.3) is 0 Å². The fraction of sp³-hybridized carbons (Fsp3) is 0.250. The van der Waals surface area contributed by atoms with Gasteiger partial charge in [-0.05, 0) is 5.41 Å². The minimum atomic E-state index is 0.647. The minimum Gasteiger partial charge on any atom is -0.351 e. The van der Waals surface area contributed by atoms with Crippen molar-refractivity contribution in [3.8, 4) is 0 Å². The van der Waals surface area contributed by atoms with Crippen LogP contribution in [0.3, 0.4) is 0 Å². The standard InChI is InChI=1S/C8H8N4S/c1-2-13-8-11-7-6(4-12(1)8)3-9-5-10-7/h1-3,10H,4-5H2. The van der Waals surface area contributed by atoms with Gasteiger partial charge in [0.15, 0.2) is 5.17 Å². The number of amidine groups is 1. The van der Waals surface area contributed by atoms with Gasteiger partial charge in [-0.15, -0.1) is 0 Å². The molecule has 0 aliphatic carbocycles. The van der Waals surface area contributed by atoms with E-state index in [9.17, 15) is 0 Å². The van der Waals surface area contributed by atoms with Crippen molar-refractivity contribution in [2.24, 2.45) is 9.98 Å². The Morgan fingerprint density at radius 3 is 3.54 bits per heavy atom. The normalized spacial score (nSPS) is 24.0. The van der Waals surface area contributed by atoms with E-state index in [4.69, 9.17) is 0 Å². The van der Waals surface area contributed by atoms with Gasteiger partial charge >= 0.3 is 0 Å². The Morgan fingerprint density at radius 2 is 2.54 bits per heavy atom. The van der Waals surface area contributed by atoms with E-state index in [1.807, 2.05) is 6.21 Å². The van der Waals surface area contributed by atoms with Crippen molar-refractivity contribution in [2.75, 3.05) is 13.2 Å². The number of nitrogens with one attached hydrogen (secondary N) is 1. The molecule has 4 nitrogen and oxygen atoms in total. The van der Waals surface area contributed by atoms with Gasteiger partial charge in [0.1, 0.15) is 12.5 Å². The number of fused-ring (bicyclic) bond motifs is 1. The van der Waals surface area contributed by atoms with Gasteiger partial charge in [0.25, 0.3) is 0 Å². The zero-order valence-corrected chi connectivity index (χ0v) is 7.71. The molecule has 3 rings (SSSR count). The van der Waals surface area contributed by atoms with Gasteiger partial charge in [-0.1, -0.05) is 11.8 Å². The van der Waals surface area contributed by atoms with E-state index < -0.39 is 0 Å². The molecule has 0 fully saturated rings. The lowest BCUT2D eigenvalue weighted by Crippen LogP contribution is -2.33. The molecule has 0 aromatic carbocycles. The Balaban J connectivity index is 2.01. The molecule has 0 saturated carbocycles. The van der Waals surface area contributed by atoms with Crippen molar-refractivity contribution < 1.29 is 0 Å². The van der Waals surface area contributed by atoms with E-state index in [1.54, 1.807) is 11.8 Å². The fourth-order valence-electron chi connectivity index (χ4n) is 1.46. The number of hydrogen-bond donors (Lipinski definition) is 1. The van der Waals surface area contributed by atoms with E-state index in [2.05, 4.69) is 31.8 Å². The van der Waals surface area contributed by atoms with E-state index in [-0.39, 0.29) is 0 Å². The van der Waals surface area contributed by atoms with Gasteiger partial charge in [0.05, 0.1) is 6.54 Å². The Morgan fingerprint density at radius 1 is 1.54 bits per heavy atom.